The number of aromatic nitrogens is 2. The smallest absolute Gasteiger partial charge is 0.293 e. The molecule has 132 valence electrons. The third kappa shape index (κ3) is 5.23. The van der Waals surface area contributed by atoms with Gasteiger partial charge in [0.1, 0.15) is 5.60 Å². The van der Waals surface area contributed by atoms with Gasteiger partial charge in [-0.2, -0.15) is 5.10 Å². The van der Waals surface area contributed by atoms with Gasteiger partial charge in [-0.25, -0.2) is 0 Å². The molecule has 1 unspecified atom stereocenters. The van der Waals surface area contributed by atoms with E-state index >= 15 is 0 Å². The molecule has 6 heteroatoms. The van der Waals surface area contributed by atoms with Crippen LogP contribution < -0.4 is 11.1 Å². The van der Waals surface area contributed by atoms with Crippen LogP contribution in [-0.2, 0) is 16.1 Å². The number of nitrogen functional groups attached to an aromatic ring is 1. The zero-order chi connectivity index (χ0) is 17.6. The number of nitrogens with two attached hydrogens (primary N) is 1. The number of hydrogen-bond donors (Lipinski definition) is 2. The maximum Gasteiger partial charge on any atom is 0.293 e. The second-order valence-corrected chi connectivity index (χ2v) is 7.15. The molecule has 1 saturated heterocycles. The Kier molecular flexibility index (Phi) is 6.20. The Bertz CT molecular complexity index is 655. The number of fused-ring (bicyclic) bond motifs is 1. The van der Waals surface area contributed by atoms with Gasteiger partial charge in [-0.1, -0.05) is 6.07 Å². The molecule has 3 N–H and O–H groups in total. The average Bonchev–Trinajstić information content (AvgIpc) is 2.92. The van der Waals surface area contributed by atoms with E-state index in [4.69, 9.17) is 5.73 Å². The monoisotopic (exact) mass is 332 g/mol. The highest BCUT2D eigenvalue weighted by atomic mass is 16.5. The van der Waals surface area contributed by atoms with Gasteiger partial charge < -0.3 is 15.8 Å². The zero-order valence-electron chi connectivity index (χ0n) is 14.8. The zero-order valence-corrected chi connectivity index (χ0v) is 14.8. The lowest BCUT2D eigenvalue weighted by atomic mass is 10.00. The highest BCUT2D eigenvalue weighted by molar-refractivity contribution is 5.90. The molecule has 2 heterocycles. The number of carbonyl (C=O) groups is 1. The van der Waals surface area contributed by atoms with Crippen molar-refractivity contribution in [1.29, 1.82) is 0 Å². The number of nitrogens with one attached hydrogen (secondary N) is 1. The molecule has 3 rings (SSSR count). The highest BCUT2D eigenvalue weighted by Gasteiger charge is 2.15. The van der Waals surface area contributed by atoms with Gasteiger partial charge in [-0.3, -0.25) is 9.48 Å². The summed E-state index contributed by atoms with van der Waals surface area (Å²) >= 11 is 0. The van der Waals surface area contributed by atoms with Gasteiger partial charge >= 0.3 is 0 Å². The molecule has 1 aliphatic heterocycles. The Morgan fingerprint density at radius 3 is 2.83 bits per heavy atom. The summed E-state index contributed by atoms with van der Waals surface area (Å²) in [6.07, 6.45) is 4.43. The van der Waals surface area contributed by atoms with Gasteiger partial charge in [0.05, 0.1) is 11.7 Å². The van der Waals surface area contributed by atoms with Crippen molar-refractivity contribution in [2.75, 3.05) is 18.8 Å². The number of nitrogens with zero attached hydrogens (tertiary/aromatic N) is 2. The van der Waals surface area contributed by atoms with Crippen LogP contribution in [0.3, 0.4) is 0 Å². The van der Waals surface area contributed by atoms with E-state index in [9.17, 15) is 4.79 Å². The Hall–Kier alpha value is -2.08. The van der Waals surface area contributed by atoms with E-state index in [2.05, 4.69) is 25.9 Å². The molecule has 0 radical (unpaired) electrons. The number of benzene rings is 1. The van der Waals surface area contributed by atoms with Gasteiger partial charge in [-0.05, 0) is 64.8 Å². The van der Waals surface area contributed by atoms with Crippen molar-refractivity contribution in [2.45, 2.75) is 45.8 Å². The number of carbonyl (C=O) groups excluding carboxylic acids is 1. The Morgan fingerprint density at radius 1 is 1.46 bits per heavy atom. The van der Waals surface area contributed by atoms with Crippen molar-refractivity contribution in [3.05, 3.63) is 24.4 Å². The standard InChI is InChI=1S/C13H18N4.C5H10O2/c14-12-4-1-5-13-11(12)8-16-17(13)9-10-3-2-6-15-7-10;1-5(2,3)7-4-6/h1,4-5,8,10,15H,2-3,6-7,9,14H2;4H,1-3H3. The first kappa shape index (κ1) is 18.3. The van der Waals surface area contributed by atoms with E-state index in [0.29, 0.717) is 12.4 Å². The van der Waals surface area contributed by atoms with Crippen molar-refractivity contribution >= 4 is 23.1 Å². The van der Waals surface area contributed by atoms with Crippen LogP contribution in [-0.4, -0.2) is 34.9 Å². The van der Waals surface area contributed by atoms with E-state index in [1.807, 2.05) is 39.1 Å². The Labute approximate surface area is 143 Å². The largest absolute Gasteiger partial charge is 0.462 e. The van der Waals surface area contributed by atoms with Crippen LogP contribution >= 0.6 is 0 Å². The fourth-order valence-electron chi connectivity index (χ4n) is 2.74. The van der Waals surface area contributed by atoms with E-state index in [1.54, 1.807) is 0 Å². The van der Waals surface area contributed by atoms with Crippen molar-refractivity contribution in [3.8, 4) is 0 Å². The van der Waals surface area contributed by atoms with E-state index in [-0.39, 0.29) is 5.60 Å². The SMILES string of the molecule is CC(C)(C)OC=O.Nc1cccc2c1cnn2CC1CCCNC1. The maximum absolute atomic E-state index is 9.60. The molecular formula is C18H28N4O2. The summed E-state index contributed by atoms with van der Waals surface area (Å²) in [6.45, 7) is 9.16. The first-order valence-corrected chi connectivity index (χ1v) is 8.43. The summed E-state index contributed by atoms with van der Waals surface area (Å²) in [5, 5.41) is 8.97. The molecule has 0 bridgehead atoms. The predicted octanol–water partition coefficient (Wildman–Crippen LogP) is 2.58. The molecule has 0 spiro atoms. The fourth-order valence-corrected chi connectivity index (χ4v) is 2.74. The van der Waals surface area contributed by atoms with Crippen molar-refractivity contribution in [3.63, 3.8) is 0 Å². The van der Waals surface area contributed by atoms with Crippen LogP contribution in [0.1, 0.15) is 33.6 Å². The fraction of sp³-hybridized carbons (Fsp3) is 0.556. The quantitative estimate of drug-likeness (QED) is 0.667. The number of rotatable bonds is 3. The molecule has 1 fully saturated rings. The Balaban J connectivity index is 0.000000256. The minimum Gasteiger partial charge on any atom is -0.462 e. The van der Waals surface area contributed by atoms with E-state index < -0.39 is 0 Å². The number of anilines is 1. The number of ether oxygens (including phenoxy) is 1. The lowest BCUT2D eigenvalue weighted by Gasteiger charge is -2.22. The van der Waals surface area contributed by atoms with Crippen LogP contribution in [0.4, 0.5) is 5.69 Å². The molecular weight excluding hydrogens is 304 g/mol. The Morgan fingerprint density at radius 2 is 2.25 bits per heavy atom. The van der Waals surface area contributed by atoms with Crippen LogP contribution in [0.5, 0.6) is 0 Å². The summed E-state index contributed by atoms with van der Waals surface area (Å²) in [5.41, 5.74) is 7.58. The van der Waals surface area contributed by atoms with Crippen LogP contribution in [0.2, 0.25) is 0 Å². The average molecular weight is 332 g/mol. The van der Waals surface area contributed by atoms with Gasteiger partial charge in [0.15, 0.2) is 0 Å². The van der Waals surface area contributed by atoms with Crippen LogP contribution in [0, 0.1) is 5.92 Å². The van der Waals surface area contributed by atoms with Crippen molar-refractivity contribution < 1.29 is 9.53 Å². The number of piperidine rings is 1. The summed E-state index contributed by atoms with van der Waals surface area (Å²) < 4.78 is 6.64. The topological polar surface area (TPSA) is 82.2 Å². The predicted molar refractivity (Wildman–Crippen MR) is 96.6 cm³/mol. The molecule has 2 aromatic rings. The summed E-state index contributed by atoms with van der Waals surface area (Å²) in [5.74, 6) is 0.688. The first-order valence-electron chi connectivity index (χ1n) is 8.43. The molecule has 0 amide bonds. The summed E-state index contributed by atoms with van der Waals surface area (Å²) in [6, 6.07) is 6.01. The second kappa shape index (κ2) is 8.15. The second-order valence-electron chi connectivity index (χ2n) is 7.15. The highest BCUT2D eigenvalue weighted by Crippen LogP contribution is 2.22. The van der Waals surface area contributed by atoms with Crippen molar-refractivity contribution in [2.24, 2.45) is 5.92 Å². The molecule has 0 aliphatic carbocycles. The molecule has 6 nitrogen and oxygen atoms in total. The van der Waals surface area contributed by atoms with E-state index in [0.717, 1.165) is 36.2 Å². The van der Waals surface area contributed by atoms with Crippen LogP contribution in [0.15, 0.2) is 24.4 Å². The lowest BCUT2D eigenvalue weighted by molar-refractivity contribution is -0.138. The molecule has 1 aromatic heterocycles. The third-order valence-electron chi connectivity index (χ3n) is 3.95. The van der Waals surface area contributed by atoms with Gasteiger partial charge in [0.2, 0.25) is 0 Å². The molecule has 1 atom stereocenters. The van der Waals surface area contributed by atoms with Crippen LogP contribution in [0.25, 0.3) is 10.9 Å². The van der Waals surface area contributed by atoms with Gasteiger partial charge in [0.25, 0.3) is 6.47 Å². The third-order valence-corrected chi connectivity index (χ3v) is 3.95. The minimum absolute atomic E-state index is 0.318. The normalized spacial score (nSPS) is 17.9. The molecule has 1 aromatic carbocycles. The van der Waals surface area contributed by atoms with Crippen molar-refractivity contribution in [1.82, 2.24) is 15.1 Å². The molecule has 0 saturated carbocycles. The lowest BCUT2D eigenvalue weighted by Crippen LogP contribution is -2.32. The maximum atomic E-state index is 9.60. The minimum atomic E-state index is -0.318. The molecule has 24 heavy (non-hydrogen) atoms. The molecule has 1 aliphatic rings. The number of hydrogen-bond acceptors (Lipinski definition) is 5. The van der Waals surface area contributed by atoms with Gasteiger partial charge in [0, 0.05) is 17.6 Å². The summed E-state index contributed by atoms with van der Waals surface area (Å²) in [7, 11) is 0. The van der Waals surface area contributed by atoms with Gasteiger partial charge in [-0.15, -0.1) is 0 Å². The summed E-state index contributed by atoms with van der Waals surface area (Å²) in [4.78, 5) is 9.60. The first-order chi connectivity index (χ1) is 11.4. The van der Waals surface area contributed by atoms with E-state index in [1.165, 1.54) is 12.8 Å².